The van der Waals surface area contributed by atoms with E-state index in [1.165, 1.54) is 11.3 Å². The highest BCUT2D eigenvalue weighted by Crippen LogP contribution is 2.34. The lowest BCUT2D eigenvalue weighted by atomic mass is 10.3. The first kappa shape index (κ1) is 12.3. The van der Waals surface area contributed by atoms with E-state index in [0.717, 1.165) is 25.4 Å². The van der Waals surface area contributed by atoms with Gasteiger partial charge in [-0.1, -0.05) is 11.3 Å². The number of aryl methyl sites for hydroxylation is 1. The standard InChI is InChI=1S/C12H12N4OS2/c1-3-13-11(17)16-12-15-7-4-5-8-9(10(7)19-12)14-6(2)18-8/h4-5H,3H2,1-2H3,(H2,13,15,16,17). The van der Waals surface area contributed by atoms with Gasteiger partial charge < -0.3 is 5.32 Å². The molecule has 19 heavy (non-hydrogen) atoms. The van der Waals surface area contributed by atoms with Crippen molar-refractivity contribution < 1.29 is 4.79 Å². The van der Waals surface area contributed by atoms with Gasteiger partial charge in [-0.2, -0.15) is 0 Å². The van der Waals surface area contributed by atoms with Crippen LogP contribution in [0.25, 0.3) is 20.4 Å². The molecule has 98 valence electrons. The predicted molar refractivity (Wildman–Crippen MR) is 80.2 cm³/mol. The van der Waals surface area contributed by atoms with Gasteiger partial charge in [0.2, 0.25) is 0 Å². The summed E-state index contributed by atoms with van der Waals surface area (Å²) in [6.07, 6.45) is 0. The van der Waals surface area contributed by atoms with Crippen LogP contribution >= 0.6 is 22.7 Å². The van der Waals surface area contributed by atoms with Crippen molar-refractivity contribution in [1.82, 2.24) is 15.3 Å². The molecule has 0 fully saturated rings. The third-order valence-corrected chi connectivity index (χ3v) is 4.51. The minimum Gasteiger partial charge on any atom is -0.338 e. The van der Waals surface area contributed by atoms with Crippen molar-refractivity contribution in [2.75, 3.05) is 11.9 Å². The zero-order valence-corrected chi connectivity index (χ0v) is 12.1. The molecule has 0 saturated carbocycles. The summed E-state index contributed by atoms with van der Waals surface area (Å²) in [4.78, 5) is 20.4. The number of rotatable bonds is 2. The number of carbonyl (C=O) groups excluding carboxylic acids is 1. The summed E-state index contributed by atoms with van der Waals surface area (Å²) < 4.78 is 2.17. The molecule has 0 aliphatic carbocycles. The zero-order chi connectivity index (χ0) is 13.4. The first-order valence-electron chi connectivity index (χ1n) is 5.89. The van der Waals surface area contributed by atoms with Gasteiger partial charge in [0.25, 0.3) is 0 Å². The Morgan fingerprint density at radius 1 is 1.32 bits per heavy atom. The Morgan fingerprint density at radius 3 is 2.95 bits per heavy atom. The molecule has 3 aromatic rings. The van der Waals surface area contributed by atoms with Gasteiger partial charge in [0.1, 0.15) is 5.52 Å². The summed E-state index contributed by atoms with van der Waals surface area (Å²) in [5, 5.41) is 7.05. The number of urea groups is 1. The van der Waals surface area contributed by atoms with Crippen molar-refractivity contribution in [2.24, 2.45) is 0 Å². The summed E-state index contributed by atoms with van der Waals surface area (Å²) >= 11 is 3.12. The van der Waals surface area contributed by atoms with E-state index in [1.807, 2.05) is 26.0 Å². The van der Waals surface area contributed by atoms with Gasteiger partial charge in [0.15, 0.2) is 5.13 Å². The highest BCUT2D eigenvalue weighted by molar-refractivity contribution is 7.24. The van der Waals surface area contributed by atoms with Crippen LogP contribution in [0.2, 0.25) is 0 Å². The Hall–Kier alpha value is -1.73. The summed E-state index contributed by atoms with van der Waals surface area (Å²) in [7, 11) is 0. The number of fused-ring (bicyclic) bond motifs is 3. The van der Waals surface area contributed by atoms with E-state index in [4.69, 9.17) is 0 Å². The van der Waals surface area contributed by atoms with Crippen molar-refractivity contribution in [3.63, 3.8) is 0 Å². The van der Waals surface area contributed by atoms with Crippen molar-refractivity contribution in [1.29, 1.82) is 0 Å². The number of anilines is 1. The molecule has 1 aromatic carbocycles. The second kappa shape index (κ2) is 4.75. The van der Waals surface area contributed by atoms with E-state index in [-0.39, 0.29) is 6.03 Å². The van der Waals surface area contributed by atoms with Gasteiger partial charge in [0, 0.05) is 6.54 Å². The lowest BCUT2D eigenvalue weighted by Gasteiger charge is -2.00. The second-order valence-corrected chi connectivity index (χ2v) is 6.23. The Morgan fingerprint density at radius 2 is 2.16 bits per heavy atom. The molecule has 2 heterocycles. The minimum atomic E-state index is -0.229. The molecule has 0 bridgehead atoms. The van der Waals surface area contributed by atoms with Crippen LogP contribution in [0.4, 0.5) is 9.93 Å². The molecule has 2 N–H and O–H groups in total. The molecule has 2 amide bonds. The number of nitrogens with zero attached hydrogens (tertiary/aromatic N) is 2. The maximum atomic E-state index is 11.5. The molecule has 2 aromatic heterocycles. The van der Waals surface area contributed by atoms with Gasteiger partial charge in [-0.15, -0.1) is 11.3 Å². The van der Waals surface area contributed by atoms with Gasteiger partial charge in [-0.05, 0) is 26.0 Å². The Balaban J connectivity index is 2.04. The van der Waals surface area contributed by atoms with Crippen LogP contribution in [0, 0.1) is 6.92 Å². The van der Waals surface area contributed by atoms with E-state index in [0.29, 0.717) is 11.7 Å². The van der Waals surface area contributed by atoms with E-state index in [9.17, 15) is 4.79 Å². The van der Waals surface area contributed by atoms with Crippen LogP contribution in [0.15, 0.2) is 12.1 Å². The Kier molecular flexibility index (Phi) is 3.08. The molecule has 0 unspecified atom stereocenters. The third-order valence-electron chi connectivity index (χ3n) is 2.58. The van der Waals surface area contributed by atoms with Gasteiger partial charge >= 0.3 is 6.03 Å². The molecular formula is C12H12N4OS2. The van der Waals surface area contributed by atoms with Crippen LogP contribution in [0.5, 0.6) is 0 Å². The molecule has 3 rings (SSSR count). The van der Waals surface area contributed by atoms with Gasteiger partial charge in [0.05, 0.1) is 19.9 Å². The van der Waals surface area contributed by atoms with Crippen LogP contribution < -0.4 is 10.6 Å². The second-order valence-electron chi connectivity index (χ2n) is 4.00. The number of carbonyl (C=O) groups is 1. The number of amides is 2. The van der Waals surface area contributed by atoms with Crippen molar-refractivity contribution in [3.05, 3.63) is 17.1 Å². The molecule has 0 radical (unpaired) electrons. The first-order valence-corrected chi connectivity index (χ1v) is 7.52. The number of thiazole rings is 2. The fourth-order valence-corrected chi connectivity index (χ4v) is 3.69. The van der Waals surface area contributed by atoms with Crippen molar-refractivity contribution >= 4 is 54.3 Å². The molecule has 0 aliphatic heterocycles. The lowest BCUT2D eigenvalue weighted by molar-refractivity contribution is 0.252. The van der Waals surface area contributed by atoms with Crippen LogP contribution in [0.1, 0.15) is 11.9 Å². The molecule has 0 saturated heterocycles. The number of aromatic nitrogens is 2. The van der Waals surface area contributed by atoms with Crippen molar-refractivity contribution in [2.45, 2.75) is 13.8 Å². The van der Waals surface area contributed by atoms with Gasteiger partial charge in [-0.25, -0.2) is 14.8 Å². The van der Waals surface area contributed by atoms with E-state index in [1.54, 1.807) is 11.3 Å². The van der Waals surface area contributed by atoms with E-state index < -0.39 is 0 Å². The molecule has 5 nitrogen and oxygen atoms in total. The Labute approximate surface area is 117 Å². The highest BCUT2D eigenvalue weighted by Gasteiger charge is 2.12. The largest absolute Gasteiger partial charge is 0.338 e. The Bertz CT molecular complexity index is 762. The maximum absolute atomic E-state index is 11.5. The number of benzene rings is 1. The van der Waals surface area contributed by atoms with Crippen LogP contribution in [-0.2, 0) is 0 Å². The number of hydrogen-bond acceptors (Lipinski definition) is 5. The molecule has 0 spiro atoms. The monoisotopic (exact) mass is 292 g/mol. The topological polar surface area (TPSA) is 66.9 Å². The zero-order valence-electron chi connectivity index (χ0n) is 10.5. The first-order chi connectivity index (χ1) is 9.17. The average Bonchev–Trinajstić information content (AvgIpc) is 2.90. The van der Waals surface area contributed by atoms with E-state index >= 15 is 0 Å². The smallest absolute Gasteiger partial charge is 0.321 e. The molecule has 0 atom stereocenters. The van der Waals surface area contributed by atoms with Crippen molar-refractivity contribution in [3.8, 4) is 0 Å². The fraction of sp³-hybridized carbons (Fsp3) is 0.250. The number of nitrogens with one attached hydrogen (secondary N) is 2. The van der Waals surface area contributed by atoms with E-state index in [2.05, 4.69) is 20.6 Å². The summed E-state index contributed by atoms with van der Waals surface area (Å²) in [6.45, 7) is 4.46. The average molecular weight is 292 g/mol. The fourth-order valence-electron chi connectivity index (χ4n) is 1.84. The molecule has 7 heteroatoms. The lowest BCUT2D eigenvalue weighted by Crippen LogP contribution is -2.28. The van der Waals surface area contributed by atoms with Gasteiger partial charge in [-0.3, -0.25) is 5.32 Å². The molecule has 0 aliphatic rings. The summed E-state index contributed by atoms with van der Waals surface area (Å²) in [5.74, 6) is 0. The number of hydrogen-bond donors (Lipinski definition) is 2. The third kappa shape index (κ3) is 2.26. The highest BCUT2D eigenvalue weighted by atomic mass is 32.1. The SMILES string of the molecule is CCNC(=O)Nc1nc2ccc3sc(C)nc3c2s1. The maximum Gasteiger partial charge on any atom is 0.321 e. The summed E-state index contributed by atoms with van der Waals surface area (Å²) in [6, 6.07) is 3.76. The van der Waals surface area contributed by atoms with Crippen LogP contribution in [-0.4, -0.2) is 22.5 Å². The predicted octanol–water partition coefficient (Wildman–Crippen LogP) is 3.36. The minimum absolute atomic E-state index is 0.229. The summed E-state index contributed by atoms with van der Waals surface area (Å²) in [5.41, 5.74) is 1.84. The van der Waals surface area contributed by atoms with Crippen LogP contribution in [0.3, 0.4) is 0 Å². The normalized spacial score (nSPS) is 11.1. The molecular weight excluding hydrogens is 280 g/mol. The quantitative estimate of drug-likeness (QED) is 0.761.